The number of thiazole rings is 1. The van der Waals surface area contributed by atoms with E-state index in [1.807, 2.05) is 37.4 Å². The molecule has 3 fully saturated rings. The van der Waals surface area contributed by atoms with E-state index in [0.717, 1.165) is 59.6 Å². The minimum absolute atomic E-state index is 0.113. The van der Waals surface area contributed by atoms with Gasteiger partial charge >= 0.3 is 0 Å². The van der Waals surface area contributed by atoms with Crippen LogP contribution in [0.1, 0.15) is 30.6 Å². The Labute approximate surface area is 237 Å². The first-order chi connectivity index (χ1) is 19.0. The van der Waals surface area contributed by atoms with Crippen molar-refractivity contribution in [2.24, 2.45) is 5.92 Å². The molecule has 1 saturated carbocycles. The summed E-state index contributed by atoms with van der Waals surface area (Å²) in [4.78, 5) is 40.3. The van der Waals surface area contributed by atoms with E-state index in [4.69, 9.17) is 15.0 Å². The third-order valence-corrected chi connectivity index (χ3v) is 9.23. The Morgan fingerprint density at radius 3 is 2.38 bits per heavy atom. The van der Waals surface area contributed by atoms with Crippen LogP contribution in [-0.2, 0) is 4.79 Å². The van der Waals surface area contributed by atoms with Crippen LogP contribution in [-0.4, -0.2) is 88.0 Å². The molecule has 6 rings (SSSR count). The number of carbonyl (C=O) groups excluding carboxylic acids is 1. The Morgan fingerprint density at radius 1 is 0.974 bits per heavy atom. The highest BCUT2D eigenvalue weighted by Gasteiger charge is 2.30. The summed E-state index contributed by atoms with van der Waals surface area (Å²) in [6.45, 7) is 8.22. The maximum absolute atomic E-state index is 12.1. The Hall–Kier alpha value is -2.80. The predicted molar refractivity (Wildman–Crippen MR) is 156 cm³/mol. The van der Waals surface area contributed by atoms with Gasteiger partial charge in [-0.05, 0) is 88.8 Å². The van der Waals surface area contributed by atoms with E-state index in [9.17, 15) is 4.79 Å². The summed E-state index contributed by atoms with van der Waals surface area (Å²) in [5.41, 5.74) is 0.816. The molecule has 0 radical (unpaired) electrons. The van der Waals surface area contributed by atoms with Gasteiger partial charge in [0.25, 0.3) is 0 Å². The molecule has 206 valence electrons. The largest absolute Gasteiger partial charge is 0.338 e. The second-order valence-corrected chi connectivity index (χ2v) is 12.9. The van der Waals surface area contributed by atoms with Gasteiger partial charge in [-0.2, -0.15) is 15.0 Å². The molecule has 2 N–H and O–H groups in total. The van der Waals surface area contributed by atoms with Crippen LogP contribution in [0, 0.1) is 12.8 Å². The molecule has 0 bridgehead atoms. The average molecular weight is 566 g/mol. The summed E-state index contributed by atoms with van der Waals surface area (Å²) < 4.78 is 0. The molecule has 1 aromatic carbocycles. The summed E-state index contributed by atoms with van der Waals surface area (Å²) in [7, 11) is 2.21. The van der Waals surface area contributed by atoms with Crippen molar-refractivity contribution >= 4 is 51.7 Å². The lowest BCUT2D eigenvalue weighted by atomic mass is 10.0. The minimum atomic E-state index is 0.113. The fraction of sp³-hybridized carbons (Fsp3) is 0.519. The molecule has 2 saturated heterocycles. The highest BCUT2D eigenvalue weighted by atomic mass is 32.2. The number of anilines is 4. The number of aromatic nitrogens is 4. The van der Waals surface area contributed by atoms with Crippen LogP contribution in [0.3, 0.4) is 0 Å². The first-order valence-corrected chi connectivity index (χ1v) is 15.3. The number of carbonyl (C=O) groups is 1. The van der Waals surface area contributed by atoms with Crippen molar-refractivity contribution in [3.05, 3.63) is 35.3 Å². The Bertz CT molecular complexity index is 1280. The van der Waals surface area contributed by atoms with Crippen molar-refractivity contribution in [3.8, 4) is 0 Å². The van der Waals surface area contributed by atoms with E-state index in [2.05, 4.69) is 37.4 Å². The van der Waals surface area contributed by atoms with Crippen molar-refractivity contribution < 1.29 is 4.79 Å². The number of amides is 1. The number of aryl methyl sites for hydroxylation is 1. The molecular formula is C27H35N9OS2. The van der Waals surface area contributed by atoms with Gasteiger partial charge < -0.3 is 15.1 Å². The number of rotatable bonds is 8. The first-order valence-electron chi connectivity index (χ1n) is 13.7. The molecule has 3 aromatic rings. The zero-order valence-corrected chi connectivity index (χ0v) is 24.1. The lowest BCUT2D eigenvalue weighted by Crippen LogP contribution is -2.53. The van der Waals surface area contributed by atoms with Crippen LogP contribution in [0.4, 0.5) is 22.7 Å². The third-order valence-electron chi connectivity index (χ3n) is 7.52. The monoisotopic (exact) mass is 565 g/mol. The lowest BCUT2D eigenvalue weighted by Gasteiger charge is -2.42. The summed E-state index contributed by atoms with van der Waals surface area (Å²) in [5, 5.41) is 7.68. The number of benzene rings is 1. The molecule has 3 aliphatic rings. The number of nitrogens with zero attached hydrogens (tertiary/aromatic N) is 7. The Balaban J connectivity index is 1.16. The molecule has 2 aromatic heterocycles. The SMILES string of the molecule is Cc1cnc(Nc2nc(Sc3ccc(NC(=O)C4CC4)cc3)nc(N3CCN(C4CCN(C)CC4)CC3)n2)s1. The predicted octanol–water partition coefficient (Wildman–Crippen LogP) is 4.10. The van der Waals surface area contributed by atoms with Gasteiger partial charge in [-0.3, -0.25) is 15.0 Å². The summed E-state index contributed by atoms with van der Waals surface area (Å²) in [6.07, 6.45) is 6.31. The fourth-order valence-corrected chi connectivity index (χ4v) is 6.45. The van der Waals surface area contributed by atoms with Gasteiger partial charge in [0.1, 0.15) is 0 Å². The molecule has 10 nitrogen and oxygen atoms in total. The standard InChI is InChI=1S/C27H35N9OS2/c1-18-17-28-26(38-18)31-24-30-25(36-15-13-35(14-16-36)21-9-11-34(2)12-10-21)33-27(32-24)39-22-7-5-20(6-8-22)29-23(37)19-3-4-19/h5-8,17,19,21H,3-4,9-16H2,1-2H3,(H,29,37)(H,28,30,31,32,33). The Morgan fingerprint density at radius 2 is 1.72 bits per heavy atom. The maximum atomic E-state index is 12.1. The number of nitrogens with one attached hydrogen (secondary N) is 2. The van der Waals surface area contributed by atoms with Gasteiger partial charge in [0.15, 0.2) is 10.3 Å². The third kappa shape index (κ3) is 6.86. The topological polar surface area (TPSA) is 102 Å². The normalized spacial score (nSPS) is 19.3. The highest BCUT2D eigenvalue weighted by molar-refractivity contribution is 7.99. The van der Waals surface area contributed by atoms with Crippen LogP contribution >= 0.6 is 23.1 Å². The van der Waals surface area contributed by atoms with Crippen molar-refractivity contribution in [3.63, 3.8) is 0 Å². The van der Waals surface area contributed by atoms with E-state index < -0.39 is 0 Å². The van der Waals surface area contributed by atoms with Crippen molar-refractivity contribution in [1.29, 1.82) is 0 Å². The van der Waals surface area contributed by atoms with Gasteiger partial charge in [0.2, 0.25) is 17.8 Å². The molecule has 0 atom stereocenters. The molecule has 2 aliphatic heterocycles. The van der Waals surface area contributed by atoms with Crippen molar-refractivity contribution in [2.75, 3.05) is 61.8 Å². The average Bonchev–Trinajstić information content (AvgIpc) is 3.72. The van der Waals surface area contributed by atoms with Crippen LogP contribution in [0.15, 0.2) is 40.5 Å². The van der Waals surface area contributed by atoms with Gasteiger partial charge in [0, 0.05) is 59.8 Å². The number of likely N-dealkylation sites (tertiary alicyclic amines) is 1. The quantitative estimate of drug-likeness (QED) is 0.415. The van der Waals surface area contributed by atoms with Crippen LogP contribution in [0.5, 0.6) is 0 Å². The number of piperazine rings is 1. The smallest absolute Gasteiger partial charge is 0.234 e. The van der Waals surface area contributed by atoms with E-state index in [1.54, 1.807) is 11.3 Å². The molecule has 0 spiro atoms. The molecule has 39 heavy (non-hydrogen) atoms. The van der Waals surface area contributed by atoms with E-state index >= 15 is 0 Å². The van der Waals surface area contributed by atoms with Gasteiger partial charge in [-0.1, -0.05) is 0 Å². The van der Waals surface area contributed by atoms with Crippen LogP contribution in [0.2, 0.25) is 0 Å². The van der Waals surface area contributed by atoms with Gasteiger partial charge in [-0.15, -0.1) is 11.3 Å². The van der Waals surface area contributed by atoms with Crippen molar-refractivity contribution in [1.82, 2.24) is 29.7 Å². The van der Waals surface area contributed by atoms with Gasteiger partial charge in [-0.25, -0.2) is 4.98 Å². The molecule has 4 heterocycles. The summed E-state index contributed by atoms with van der Waals surface area (Å²) >= 11 is 3.07. The molecule has 1 aliphatic carbocycles. The second-order valence-electron chi connectivity index (χ2n) is 10.6. The maximum Gasteiger partial charge on any atom is 0.234 e. The zero-order valence-electron chi connectivity index (χ0n) is 22.5. The molecule has 1 amide bonds. The van der Waals surface area contributed by atoms with Gasteiger partial charge in [0.05, 0.1) is 0 Å². The number of hydrogen-bond donors (Lipinski definition) is 2. The second kappa shape index (κ2) is 11.7. The van der Waals surface area contributed by atoms with E-state index in [0.29, 0.717) is 23.1 Å². The van der Waals surface area contributed by atoms with Crippen LogP contribution in [0.25, 0.3) is 0 Å². The molecule has 12 heteroatoms. The zero-order chi connectivity index (χ0) is 26.8. The fourth-order valence-electron chi connectivity index (χ4n) is 5.05. The first kappa shape index (κ1) is 26.4. The van der Waals surface area contributed by atoms with Crippen LogP contribution < -0.4 is 15.5 Å². The molecular weight excluding hydrogens is 530 g/mol. The summed E-state index contributed by atoms with van der Waals surface area (Å²) in [5.74, 6) is 1.49. The minimum Gasteiger partial charge on any atom is -0.338 e. The number of hydrogen-bond acceptors (Lipinski definition) is 11. The number of piperidine rings is 1. The van der Waals surface area contributed by atoms with E-state index in [1.165, 1.54) is 37.7 Å². The van der Waals surface area contributed by atoms with Crippen molar-refractivity contribution in [2.45, 2.75) is 48.7 Å². The lowest BCUT2D eigenvalue weighted by molar-refractivity contribution is -0.117. The summed E-state index contributed by atoms with van der Waals surface area (Å²) in [6, 6.07) is 8.53. The highest BCUT2D eigenvalue weighted by Crippen LogP contribution is 2.32. The molecule has 0 unspecified atom stereocenters. The Kier molecular flexibility index (Phi) is 7.96. The van der Waals surface area contributed by atoms with E-state index in [-0.39, 0.29) is 11.8 Å².